The molecule has 3 heteroatoms. The fraction of sp³-hybridized carbons (Fsp3) is 0.737. The van der Waals surface area contributed by atoms with Crippen LogP contribution >= 0.6 is 0 Å². The molecular weight excluding hydrogens is 272 g/mol. The van der Waals surface area contributed by atoms with Crippen molar-refractivity contribution in [2.24, 2.45) is 5.92 Å². The fourth-order valence-corrected chi connectivity index (χ4v) is 3.96. The maximum absolute atomic E-state index is 5.56. The van der Waals surface area contributed by atoms with E-state index in [0.29, 0.717) is 12.0 Å². The molecule has 1 aliphatic heterocycles. The second-order valence-corrected chi connectivity index (χ2v) is 6.94. The molecule has 0 radical (unpaired) electrons. The zero-order chi connectivity index (χ0) is 15.2. The first-order chi connectivity index (χ1) is 10.9. The molecule has 0 aromatic carbocycles. The van der Waals surface area contributed by atoms with E-state index in [9.17, 15) is 0 Å². The van der Waals surface area contributed by atoms with E-state index in [4.69, 9.17) is 4.74 Å². The van der Waals surface area contributed by atoms with Gasteiger partial charge in [0.05, 0.1) is 0 Å². The second kappa shape index (κ2) is 8.07. The molecule has 1 fully saturated rings. The molecule has 3 rings (SSSR count). The predicted molar refractivity (Wildman–Crippen MR) is 90.2 cm³/mol. The molecule has 1 aromatic heterocycles. The molecule has 2 heterocycles. The van der Waals surface area contributed by atoms with E-state index in [0.717, 1.165) is 25.7 Å². The van der Waals surface area contributed by atoms with E-state index < -0.39 is 0 Å². The van der Waals surface area contributed by atoms with Gasteiger partial charge in [-0.3, -0.25) is 4.98 Å². The number of hydrogen-bond donors (Lipinski definition) is 1. The Labute approximate surface area is 134 Å². The van der Waals surface area contributed by atoms with Crippen LogP contribution in [0.1, 0.15) is 62.6 Å². The zero-order valence-corrected chi connectivity index (χ0v) is 13.9. The summed E-state index contributed by atoms with van der Waals surface area (Å²) in [5.74, 6) is 1.45. The van der Waals surface area contributed by atoms with E-state index in [-0.39, 0.29) is 0 Å². The Morgan fingerprint density at radius 3 is 3.18 bits per heavy atom. The number of pyridine rings is 1. The second-order valence-electron chi connectivity index (χ2n) is 6.94. The largest absolute Gasteiger partial charge is 0.381 e. The molecule has 1 saturated heterocycles. The van der Waals surface area contributed by atoms with Gasteiger partial charge in [-0.15, -0.1) is 0 Å². The number of nitrogens with zero attached hydrogens (tertiary/aromatic N) is 1. The first-order valence-electron chi connectivity index (χ1n) is 9.11. The Morgan fingerprint density at radius 2 is 2.27 bits per heavy atom. The van der Waals surface area contributed by atoms with Gasteiger partial charge in [-0.25, -0.2) is 0 Å². The van der Waals surface area contributed by atoms with Gasteiger partial charge in [0.1, 0.15) is 0 Å². The van der Waals surface area contributed by atoms with Crippen LogP contribution in [-0.4, -0.2) is 30.8 Å². The SMILES string of the molecule is CCC(CNC1CCCOCC1)CC1CCc2cccnc21. The molecule has 2 aliphatic rings. The van der Waals surface area contributed by atoms with Crippen LogP contribution in [0, 0.1) is 5.92 Å². The molecule has 0 amide bonds. The smallest absolute Gasteiger partial charge is 0.0480 e. The molecule has 3 atom stereocenters. The molecule has 22 heavy (non-hydrogen) atoms. The molecule has 3 unspecified atom stereocenters. The van der Waals surface area contributed by atoms with Crippen LogP contribution in [0.5, 0.6) is 0 Å². The Morgan fingerprint density at radius 1 is 1.32 bits per heavy atom. The third-order valence-corrected chi connectivity index (χ3v) is 5.42. The summed E-state index contributed by atoms with van der Waals surface area (Å²) in [5, 5.41) is 3.81. The Hall–Kier alpha value is -0.930. The lowest BCUT2D eigenvalue weighted by molar-refractivity contribution is 0.142. The highest BCUT2D eigenvalue weighted by atomic mass is 16.5. The molecule has 122 valence electrons. The number of fused-ring (bicyclic) bond motifs is 1. The summed E-state index contributed by atoms with van der Waals surface area (Å²) in [5.41, 5.74) is 2.86. The first kappa shape index (κ1) is 15.9. The van der Waals surface area contributed by atoms with Crippen LogP contribution in [-0.2, 0) is 11.2 Å². The van der Waals surface area contributed by atoms with Gasteiger partial charge >= 0.3 is 0 Å². The van der Waals surface area contributed by atoms with Crippen molar-refractivity contribution < 1.29 is 4.74 Å². The summed E-state index contributed by atoms with van der Waals surface area (Å²) >= 11 is 0. The lowest BCUT2D eigenvalue weighted by Crippen LogP contribution is -2.34. The van der Waals surface area contributed by atoms with Gasteiger partial charge in [-0.2, -0.15) is 0 Å². The van der Waals surface area contributed by atoms with E-state index in [1.165, 1.54) is 56.2 Å². The maximum atomic E-state index is 5.56. The van der Waals surface area contributed by atoms with Crippen molar-refractivity contribution in [1.82, 2.24) is 10.3 Å². The third kappa shape index (κ3) is 4.08. The lowest BCUT2D eigenvalue weighted by atomic mass is 9.90. The summed E-state index contributed by atoms with van der Waals surface area (Å²) in [6, 6.07) is 4.99. The van der Waals surface area contributed by atoms with Crippen LogP contribution in [0.3, 0.4) is 0 Å². The van der Waals surface area contributed by atoms with Crippen molar-refractivity contribution in [3.8, 4) is 0 Å². The highest BCUT2D eigenvalue weighted by Crippen LogP contribution is 2.36. The minimum Gasteiger partial charge on any atom is -0.381 e. The third-order valence-electron chi connectivity index (χ3n) is 5.42. The van der Waals surface area contributed by atoms with E-state index in [1.807, 2.05) is 6.20 Å². The molecule has 0 spiro atoms. The Bertz CT molecular complexity index is 455. The molecule has 3 nitrogen and oxygen atoms in total. The summed E-state index contributed by atoms with van der Waals surface area (Å²) in [6.45, 7) is 5.35. The van der Waals surface area contributed by atoms with Gasteiger partial charge in [0, 0.05) is 37.1 Å². The van der Waals surface area contributed by atoms with Crippen LogP contribution < -0.4 is 5.32 Å². The first-order valence-corrected chi connectivity index (χ1v) is 9.11. The Balaban J connectivity index is 1.50. The number of aromatic nitrogens is 1. The minimum absolute atomic E-state index is 0.658. The van der Waals surface area contributed by atoms with Crippen LogP contribution in [0.4, 0.5) is 0 Å². The highest BCUT2D eigenvalue weighted by Gasteiger charge is 2.26. The number of nitrogens with one attached hydrogen (secondary N) is 1. The van der Waals surface area contributed by atoms with Crippen molar-refractivity contribution in [1.29, 1.82) is 0 Å². The van der Waals surface area contributed by atoms with Gasteiger partial charge in [-0.05, 0) is 62.6 Å². The average molecular weight is 302 g/mol. The van der Waals surface area contributed by atoms with Crippen LogP contribution in [0.15, 0.2) is 18.3 Å². The molecular formula is C19H30N2O. The number of rotatable bonds is 6. The standard InChI is InChI=1S/C19H30N2O/c1-2-15(14-21-18-6-4-11-22-12-9-18)13-17-8-7-16-5-3-10-20-19(16)17/h3,5,10,15,17-18,21H,2,4,6-9,11-14H2,1H3. The van der Waals surface area contributed by atoms with Crippen LogP contribution in [0.25, 0.3) is 0 Å². The van der Waals surface area contributed by atoms with Gasteiger partial charge in [0.2, 0.25) is 0 Å². The minimum atomic E-state index is 0.658. The molecule has 1 N–H and O–H groups in total. The maximum Gasteiger partial charge on any atom is 0.0480 e. The molecule has 0 bridgehead atoms. The average Bonchev–Trinajstić information content (AvgIpc) is 2.78. The van der Waals surface area contributed by atoms with Gasteiger partial charge in [0.25, 0.3) is 0 Å². The summed E-state index contributed by atoms with van der Waals surface area (Å²) in [4.78, 5) is 4.65. The number of hydrogen-bond acceptors (Lipinski definition) is 3. The van der Waals surface area contributed by atoms with Gasteiger partial charge in [0.15, 0.2) is 0 Å². The van der Waals surface area contributed by atoms with E-state index >= 15 is 0 Å². The van der Waals surface area contributed by atoms with Crippen LogP contribution in [0.2, 0.25) is 0 Å². The van der Waals surface area contributed by atoms with E-state index in [1.54, 1.807) is 0 Å². The fourth-order valence-electron chi connectivity index (χ4n) is 3.96. The summed E-state index contributed by atoms with van der Waals surface area (Å²) in [6.07, 6.45) is 10.7. The summed E-state index contributed by atoms with van der Waals surface area (Å²) in [7, 11) is 0. The molecule has 1 aromatic rings. The summed E-state index contributed by atoms with van der Waals surface area (Å²) < 4.78 is 5.56. The van der Waals surface area contributed by atoms with Gasteiger partial charge < -0.3 is 10.1 Å². The zero-order valence-electron chi connectivity index (χ0n) is 13.9. The Kier molecular flexibility index (Phi) is 5.85. The highest BCUT2D eigenvalue weighted by molar-refractivity contribution is 5.28. The van der Waals surface area contributed by atoms with Crippen molar-refractivity contribution in [2.75, 3.05) is 19.8 Å². The molecule has 0 saturated carbocycles. The predicted octanol–water partition coefficient (Wildman–Crippen LogP) is 3.69. The lowest BCUT2D eigenvalue weighted by Gasteiger charge is -2.23. The van der Waals surface area contributed by atoms with Crippen molar-refractivity contribution in [2.45, 2.75) is 63.8 Å². The normalized spacial score (nSPS) is 26.4. The quantitative estimate of drug-likeness (QED) is 0.870. The topological polar surface area (TPSA) is 34.1 Å². The number of ether oxygens (including phenoxy) is 1. The number of aryl methyl sites for hydroxylation is 1. The van der Waals surface area contributed by atoms with Crippen molar-refractivity contribution >= 4 is 0 Å². The van der Waals surface area contributed by atoms with Gasteiger partial charge in [-0.1, -0.05) is 19.4 Å². The van der Waals surface area contributed by atoms with Crippen molar-refractivity contribution in [3.63, 3.8) is 0 Å². The monoisotopic (exact) mass is 302 g/mol. The van der Waals surface area contributed by atoms with E-state index in [2.05, 4.69) is 29.4 Å². The molecule has 1 aliphatic carbocycles. The van der Waals surface area contributed by atoms with Crippen molar-refractivity contribution in [3.05, 3.63) is 29.6 Å².